The lowest BCUT2D eigenvalue weighted by Crippen LogP contribution is -2.42. The van der Waals surface area contributed by atoms with Crippen LogP contribution in [-0.2, 0) is 4.79 Å². The minimum absolute atomic E-state index is 0.110. The van der Waals surface area contributed by atoms with E-state index in [2.05, 4.69) is 10.9 Å². The smallest absolute Gasteiger partial charge is 0.269 e. The Kier molecular flexibility index (Phi) is 6.99. The summed E-state index contributed by atoms with van der Waals surface area (Å²) < 4.78 is 0. The highest BCUT2D eigenvalue weighted by Crippen LogP contribution is 2.06. The van der Waals surface area contributed by atoms with Gasteiger partial charge in [-0.05, 0) is 23.8 Å². The fraction of sp³-hybridized carbons (Fsp3) is 0.385. The second-order valence-corrected chi connectivity index (χ2v) is 5.20. The van der Waals surface area contributed by atoms with Crippen molar-refractivity contribution in [3.63, 3.8) is 0 Å². The lowest BCUT2D eigenvalue weighted by atomic mass is 10.2. The highest BCUT2D eigenvalue weighted by atomic mass is 32.2. The molecule has 0 aliphatic rings. The average molecular weight is 282 g/mol. The van der Waals surface area contributed by atoms with Gasteiger partial charge < -0.3 is 5.11 Å². The highest BCUT2D eigenvalue weighted by molar-refractivity contribution is 7.99. The number of rotatable bonds is 6. The number of aliphatic hydroxyl groups is 1. The van der Waals surface area contributed by atoms with Crippen LogP contribution in [0.25, 0.3) is 0 Å². The van der Waals surface area contributed by atoms with Crippen molar-refractivity contribution in [3.05, 3.63) is 35.9 Å². The average Bonchev–Trinajstić information content (AvgIpc) is 2.45. The van der Waals surface area contributed by atoms with E-state index in [0.29, 0.717) is 11.3 Å². The summed E-state index contributed by atoms with van der Waals surface area (Å²) in [7, 11) is 0. The van der Waals surface area contributed by atoms with E-state index >= 15 is 0 Å². The van der Waals surface area contributed by atoms with Gasteiger partial charge in [0, 0.05) is 12.2 Å². The molecular weight excluding hydrogens is 264 g/mol. The van der Waals surface area contributed by atoms with E-state index in [9.17, 15) is 9.59 Å². The molecule has 0 heterocycles. The summed E-state index contributed by atoms with van der Waals surface area (Å²) in [6.07, 6.45) is 0. The minimum Gasteiger partial charge on any atom is -0.396 e. The van der Waals surface area contributed by atoms with Crippen molar-refractivity contribution in [2.75, 3.05) is 18.1 Å². The van der Waals surface area contributed by atoms with Gasteiger partial charge in [0.15, 0.2) is 0 Å². The molecule has 0 aliphatic carbocycles. The molecule has 1 atom stereocenters. The quantitative estimate of drug-likeness (QED) is 0.675. The predicted molar refractivity (Wildman–Crippen MR) is 75.6 cm³/mol. The molecule has 104 valence electrons. The van der Waals surface area contributed by atoms with E-state index < -0.39 is 0 Å². The van der Waals surface area contributed by atoms with Crippen LogP contribution in [0.3, 0.4) is 0 Å². The van der Waals surface area contributed by atoms with Crippen molar-refractivity contribution >= 4 is 23.6 Å². The van der Waals surface area contributed by atoms with Gasteiger partial charge in [-0.3, -0.25) is 20.4 Å². The van der Waals surface area contributed by atoms with E-state index in [4.69, 9.17) is 5.11 Å². The molecule has 0 saturated carbocycles. The molecule has 0 aliphatic heterocycles. The summed E-state index contributed by atoms with van der Waals surface area (Å²) in [4.78, 5) is 23.1. The van der Waals surface area contributed by atoms with Crippen LogP contribution in [0.4, 0.5) is 0 Å². The fourth-order valence-corrected chi connectivity index (χ4v) is 2.11. The number of carbonyl (C=O) groups excluding carboxylic acids is 2. The topological polar surface area (TPSA) is 78.4 Å². The lowest BCUT2D eigenvalue weighted by Gasteiger charge is -2.09. The molecule has 1 rings (SSSR count). The number of carbonyl (C=O) groups is 2. The molecule has 5 nitrogen and oxygen atoms in total. The molecule has 1 unspecified atom stereocenters. The Morgan fingerprint density at radius 1 is 1.26 bits per heavy atom. The minimum atomic E-state index is -0.345. The van der Waals surface area contributed by atoms with E-state index in [0.717, 1.165) is 0 Å². The van der Waals surface area contributed by atoms with Crippen molar-refractivity contribution in [3.8, 4) is 0 Å². The molecule has 6 heteroatoms. The van der Waals surface area contributed by atoms with Gasteiger partial charge in [0.05, 0.1) is 5.75 Å². The summed E-state index contributed by atoms with van der Waals surface area (Å²) >= 11 is 1.42. The Morgan fingerprint density at radius 2 is 1.95 bits per heavy atom. The van der Waals surface area contributed by atoms with Gasteiger partial charge in [0.25, 0.3) is 5.91 Å². The zero-order chi connectivity index (χ0) is 14.1. The Morgan fingerprint density at radius 3 is 2.58 bits per heavy atom. The first-order valence-electron chi connectivity index (χ1n) is 5.96. The van der Waals surface area contributed by atoms with Crippen LogP contribution >= 0.6 is 11.8 Å². The third-order valence-electron chi connectivity index (χ3n) is 2.30. The Hall–Kier alpha value is -1.53. The van der Waals surface area contributed by atoms with Crippen molar-refractivity contribution in [1.82, 2.24) is 10.9 Å². The first-order chi connectivity index (χ1) is 9.13. The maximum atomic E-state index is 11.6. The molecule has 1 aromatic carbocycles. The van der Waals surface area contributed by atoms with Crippen LogP contribution < -0.4 is 10.9 Å². The van der Waals surface area contributed by atoms with E-state index in [1.54, 1.807) is 24.3 Å². The zero-order valence-corrected chi connectivity index (χ0v) is 11.6. The van der Waals surface area contributed by atoms with Crippen LogP contribution in [0.5, 0.6) is 0 Å². The van der Waals surface area contributed by atoms with Crippen molar-refractivity contribution < 1.29 is 14.7 Å². The van der Waals surface area contributed by atoms with Gasteiger partial charge in [0.2, 0.25) is 5.91 Å². The zero-order valence-electron chi connectivity index (χ0n) is 10.8. The van der Waals surface area contributed by atoms with Crippen molar-refractivity contribution in [1.29, 1.82) is 0 Å². The normalized spacial score (nSPS) is 11.7. The molecule has 19 heavy (non-hydrogen) atoms. The van der Waals surface area contributed by atoms with Crippen LogP contribution in [0.15, 0.2) is 30.3 Å². The number of nitrogens with one attached hydrogen (secondary N) is 2. The molecular formula is C13H18N2O3S. The third-order valence-corrected chi connectivity index (χ3v) is 3.57. The summed E-state index contributed by atoms with van der Waals surface area (Å²) in [6, 6.07) is 8.65. The number of hydrogen-bond donors (Lipinski definition) is 3. The van der Waals surface area contributed by atoms with Crippen LogP contribution in [0.1, 0.15) is 17.3 Å². The Balaban J connectivity index is 2.22. The van der Waals surface area contributed by atoms with Gasteiger partial charge in [-0.25, -0.2) is 0 Å². The largest absolute Gasteiger partial charge is 0.396 e. The number of hydrazine groups is 1. The second-order valence-electron chi connectivity index (χ2n) is 4.17. The first kappa shape index (κ1) is 15.5. The van der Waals surface area contributed by atoms with E-state index in [1.165, 1.54) is 11.8 Å². The fourth-order valence-electron chi connectivity index (χ4n) is 1.23. The summed E-state index contributed by atoms with van der Waals surface area (Å²) in [5.74, 6) is 0.509. The van der Waals surface area contributed by atoms with Gasteiger partial charge in [-0.1, -0.05) is 25.1 Å². The van der Waals surface area contributed by atoms with Gasteiger partial charge in [-0.2, -0.15) is 11.8 Å². The van der Waals surface area contributed by atoms with Gasteiger partial charge >= 0.3 is 0 Å². The number of amides is 2. The number of benzene rings is 1. The third kappa shape index (κ3) is 6.26. The SMILES string of the molecule is CC(CO)CSCC(=O)NNC(=O)c1ccccc1. The standard InChI is InChI=1S/C13H18N2O3S/c1-10(7-16)8-19-9-12(17)14-15-13(18)11-5-3-2-4-6-11/h2-6,10,16H,7-9H2,1H3,(H,14,17)(H,15,18). The van der Waals surface area contributed by atoms with Crippen molar-refractivity contribution in [2.45, 2.75) is 6.92 Å². The van der Waals surface area contributed by atoms with Gasteiger partial charge in [-0.15, -0.1) is 0 Å². The summed E-state index contributed by atoms with van der Waals surface area (Å²) in [5.41, 5.74) is 5.19. The van der Waals surface area contributed by atoms with Crippen molar-refractivity contribution in [2.24, 2.45) is 5.92 Å². The molecule has 0 aromatic heterocycles. The molecule has 0 spiro atoms. The van der Waals surface area contributed by atoms with Gasteiger partial charge in [0.1, 0.15) is 0 Å². The molecule has 3 N–H and O–H groups in total. The maximum absolute atomic E-state index is 11.6. The second kappa shape index (κ2) is 8.55. The number of hydrogen-bond acceptors (Lipinski definition) is 4. The van der Waals surface area contributed by atoms with Crippen LogP contribution in [-0.4, -0.2) is 35.0 Å². The van der Waals surface area contributed by atoms with E-state index in [-0.39, 0.29) is 30.1 Å². The Labute approximate surface area is 116 Å². The molecule has 0 bridgehead atoms. The highest BCUT2D eigenvalue weighted by Gasteiger charge is 2.07. The molecule has 0 fully saturated rings. The lowest BCUT2D eigenvalue weighted by molar-refractivity contribution is -0.119. The Bertz CT molecular complexity index is 412. The number of thioether (sulfide) groups is 1. The summed E-state index contributed by atoms with van der Waals surface area (Å²) in [5, 5.41) is 8.83. The molecule has 0 radical (unpaired) electrons. The monoisotopic (exact) mass is 282 g/mol. The van der Waals surface area contributed by atoms with Crippen LogP contribution in [0, 0.1) is 5.92 Å². The number of aliphatic hydroxyl groups excluding tert-OH is 1. The maximum Gasteiger partial charge on any atom is 0.269 e. The van der Waals surface area contributed by atoms with Crippen LogP contribution in [0.2, 0.25) is 0 Å². The predicted octanol–water partition coefficient (Wildman–Crippen LogP) is 0.809. The molecule has 1 aromatic rings. The first-order valence-corrected chi connectivity index (χ1v) is 7.11. The van der Waals surface area contributed by atoms with E-state index in [1.807, 2.05) is 13.0 Å². The summed E-state index contributed by atoms with van der Waals surface area (Å²) in [6.45, 7) is 2.02. The molecule has 0 saturated heterocycles. The molecule has 2 amide bonds.